The summed E-state index contributed by atoms with van der Waals surface area (Å²) in [6.07, 6.45) is 2.39. The van der Waals surface area contributed by atoms with Crippen LogP contribution in [-0.4, -0.2) is 13.1 Å². The van der Waals surface area contributed by atoms with Crippen molar-refractivity contribution in [1.82, 2.24) is 0 Å². The third kappa shape index (κ3) is 2.74. The third-order valence-corrected chi connectivity index (χ3v) is 3.59. The van der Waals surface area contributed by atoms with Crippen molar-refractivity contribution in [3.8, 4) is 0 Å². The van der Waals surface area contributed by atoms with E-state index in [0.717, 1.165) is 18.8 Å². The fourth-order valence-electron chi connectivity index (χ4n) is 2.35. The Hall–Kier alpha value is -1.18. The molecule has 0 radical (unpaired) electrons. The van der Waals surface area contributed by atoms with Gasteiger partial charge < -0.3 is 10.6 Å². The molecule has 0 unspecified atom stereocenters. The van der Waals surface area contributed by atoms with Crippen molar-refractivity contribution in [2.75, 3.05) is 23.7 Å². The van der Waals surface area contributed by atoms with Crippen molar-refractivity contribution in [3.63, 3.8) is 0 Å². The van der Waals surface area contributed by atoms with Crippen LogP contribution in [0, 0.1) is 12.3 Å². The monoisotopic (exact) mass is 232 g/mol. The molecule has 1 aromatic carbocycles. The summed E-state index contributed by atoms with van der Waals surface area (Å²) in [6, 6.07) is 4.40. The molecule has 0 saturated carbocycles. The summed E-state index contributed by atoms with van der Waals surface area (Å²) < 4.78 is 0. The molecule has 2 N–H and O–H groups in total. The van der Waals surface area contributed by atoms with Crippen LogP contribution in [0.25, 0.3) is 0 Å². The van der Waals surface area contributed by atoms with Gasteiger partial charge in [-0.25, -0.2) is 0 Å². The van der Waals surface area contributed by atoms with E-state index in [9.17, 15) is 0 Å². The molecule has 0 fully saturated rings. The number of aryl methyl sites for hydroxylation is 1. The second kappa shape index (κ2) is 4.25. The smallest absolute Gasteiger partial charge is 0.0420 e. The summed E-state index contributed by atoms with van der Waals surface area (Å²) in [6.45, 7) is 11.3. The number of benzene rings is 1. The lowest BCUT2D eigenvalue weighted by Crippen LogP contribution is -2.25. The molecule has 0 aromatic heterocycles. The molecule has 1 aliphatic rings. The van der Waals surface area contributed by atoms with Gasteiger partial charge >= 0.3 is 0 Å². The first-order valence-electron chi connectivity index (χ1n) is 6.51. The molecule has 0 saturated heterocycles. The molecule has 1 aromatic rings. The Labute approximate surface area is 105 Å². The summed E-state index contributed by atoms with van der Waals surface area (Å²) in [5.41, 5.74) is 11.4. The van der Waals surface area contributed by atoms with E-state index in [1.807, 2.05) is 0 Å². The van der Waals surface area contributed by atoms with Crippen molar-refractivity contribution in [1.29, 1.82) is 0 Å². The molecule has 0 amide bonds. The van der Waals surface area contributed by atoms with E-state index in [1.54, 1.807) is 0 Å². The topological polar surface area (TPSA) is 29.3 Å². The molecular weight excluding hydrogens is 208 g/mol. The summed E-state index contributed by atoms with van der Waals surface area (Å²) >= 11 is 0. The van der Waals surface area contributed by atoms with Crippen molar-refractivity contribution in [3.05, 3.63) is 23.3 Å². The van der Waals surface area contributed by atoms with Crippen molar-refractivity contribution in [2.45, 2.75) is 40.5 Å². The highest BCUT2D eigenvalue weighted by atomic mass is 15.1. The number of hydrogen-bond donors (Lipinski definition) is 1. The Morgan fingerprint density at radius 2 is 2.00 bits per heavy atom. The number of nitrogens with zero attached hydrogens (tertiary/aromatic N) is 1. The Balaban J connectivity index is 2.14. The summed E-state index contributed by atoms with van der Waals surface area (Å²) in [5.74, 6) is 0. The van der Waals surface area contributed by atoms with Gasteiger partial charge in [0.15, 0.2) is 0 Å². The normalized spacial score (nSPS) is 15.2. The maximum absolute atomic E-state index is 6.01. The molecule has 1 heterocycles. The van der Waals surface area contributed by atoms with Crippen LogP contribution in [0.15, 0.2) is 12.1 Å². The lowest BCUT2D eigenvalue weighted by molar-refractivity contribution is 0.380. The van der Waals surface area contributed by atoms with Crippen LogP contribution in [0.1, 0.15) is 38.3 Å². The molecular formula is C15H24N2. The number of nitrogens with two attached hydrogens (primary N) is 1. The molecule has 2 nitrogen and oxygen atoms in total. The second-order valence-electron chi connectivity index (χ2n) is 6.39. The minimum atomic E-state index is 0.402. The van der Waals surface area contributed by atoms with Crippen LogP contribution >= 0.6 is 0 Å². The standard InChI is InChI=1S/C15H24N2/c1-11-9-12-5-7-17(8-6-15(2,3)4)14(12)10-13(11)16/h9-10H,5-8,16H2,1-4H3. The molecule has 1 aliphatic heterocycles. The van der Waals surface area contributed by atoms with Crippen LogP contribution in [0.5, 0.6) is 0 Å². The molecule has 0 atom stereocenters. The maximum atomic E-state index is 6.01. The van der Waals surface area contributed by atoms with Gasteiger partial charge in [0.2, 0.25) is 0 Å². The van der Waals surface area contributed by atoms with E-state index in [0.29, 0.717) is 5.41 Å². The largest absolute Gasteiger partial charge is 0.398 e. The van der Waals surface area contributed by atoms with Gasteiger partial charge in [-0.15, -0.1) is 0 Å². The molecule has 2 heteroatoms. The Morgan fingerprint density at radius 3 is 2.65 bits per heavy atom. The third-order valence-electron chi connectivity index (χ3n) is 3.59. The van der Waals surface area contributed by atoms with E-state index in [1.165, 1.54) is 29.7 Å². The van der Waals surface area contributed by atoms with Gasteiger partial charge in [0.05, 0.1) is 0 Å². The van der Waals surface area contributed by atoms with Crippen LogP contribution in [0.4, 0.5) is 11.4 Å². The molecule has 0 aliphatic carbocycles. The van der Waals surface area contributed by atoms with Gasteiger partial charge in [0, 0.05) is 24.5 Å². The van der Waals surface area contributed by atoms with Crippen LogP contribution in [0.3, 0.4) is 0 Å². The zero-order valence-electron chi connectivity index (χ0n) is 11.5. The quantitative estimate of drug-likeness (QED) is 0.792. The predicted octanol–water partition coefficient (Wildman–Crippen LogP) is 3.38. The van der Waals surface area contributed by atoms with Crippen LogP contribution < -0.4 is 10.6 Å². The highest BCUT2D eigenvalue weighted by Crippen LogP contribution is 2.33. The predicted molar refractivity (Wildman–Crippen MR) is 75.6 cm³/mol. The van der Waals surface area contributed by atoms with E-state index >= 15 is 0 Å². The summed E-state index contributed by atoms with van der Waals surface area (Å²) in [7, 11) is 0. The zero-order valence-corrected chi connectivity index (χ0v) is 11.5. The average Bonchev–Trinajstić information content (AvgIpc) is 2.57. The van der Waals surface area contributed by atoms with Crippen LogP contribution in [0.2, 0.25) is 0 Å². The van der Waals surface area contributed by atoms with Gasteiger partial charge in [0.1, 0.15) is 0 Å². The highest BCUT2D eigenvalue weighted by molar-refractivity contribution is 5.67. The first-order valence-corrected chi connectivity index (χ1v) is 6.51. The first-order chi connectivity index (χ1) is 7.87. The van der Waals surface area contributed by atoms with Crippen molar-refractivity contribution in [2.24, 2.45) is 5.41 Å². The van der Waals surface area contributed by atoms with Gasteiger partial charge in [-0.3, -0.25) is 0 Å². The minimum Gasteiger partial charge on any atom is -0.398 e. The highest BCUT2D eigenvalue weighted by Gasteiger charge is 2.21. The van der Waals surface area contributed by atoms with E-state index in [4.69, 9.17) is 5.73 Å². The van der Waals surface area contributed by atoms with Gasteiger partial charge in [0.25, 0.3) is 0 Å². The van der Waals surface area contributed by atoms with Gasteiger partial charge in [-0.05, 0) is 42.4 Å². The molecule has 0 spiro atoms. The van der Waals surface area contributed by atoms with E-state index in [-0.39, 0.29) is 0 Å². The Kier molecular flexibility index (Phi) is 3.07. The fraction of sp³-hybridized carbons (Fsp3) is 0.600. The molecule has 0 bridgehead atoms. The van der Waals surface area contributed by atoms with E-state index in [2.05, 4.69) is 44.7 Å². The first kappa shape index (κ1) is 12.3. The van der Waals surface area contributed by atoms with Gasteiger partial charge in [-0.1, -0.05) is 26.8 Å². The maximum Gasteiger partial charge on any atom is 0.0420 e. The van der Waals surface area contributed by atoms with Crippen LogP contribution in [-0.2, 0) is 6.42 Å². The molecule has 2 rings (SSSR count). The van der Waals surface area contributed by atoms with Crippen molar-refractivity contribution < 1.29 is 0 Å². The van der Waals surface area contributed by atoms with Gasteiger partial charge in [-0.2, -0.15) is 0 Å². The Bertz CT molecular complexity index is 416. The minimum absolute atomic E-state index is 0.402. The van der Waals surface area contributed by atoms with E-state index < -0.39 is 0 Å². The lowest BCUT2D eigenvalue weighted by Gasteiger charge is -2.25. The van der Waals surface area contributed by atoms with Crippen molar-refractivity contribution >= 4 is 11.4 Å². The SMILES string of the molecule is Cc1cc2c(cc1N)N(CCC(C)(C)C)CC2. The number of hydrogen-bond acceptors (Lipinski definition) is 2. The molecule has 17 heavy (non-hydrogen) atoms. The number of fused-ring (bicyclic) bond motifs is 1. The number of nitrogen functional groups attached to an aromatic ring is 1. The number of rotatable bonds is 2. The second-order valence-corrected chi connectivity index (χ2v) is 6.39. The zero-order chi connectivity index (χ0) is 12.6. The number of anilines is 2. The Morgan fingerprint density at radius 1 is 1.29 bits per heavy atom. The molecule has 94 valence electrons. The summed E-state index contributed by atoms with van der Waals surface area (Å²) in [5, 5.41) is 0. The lowest BCUT2D eigenvalue weighted by atomic mass is 9.92. The summed E-state index contributed by atoms with van der Waals surface area (Å²) in [4.78, 5) is 2.48. The average molecular weight is 232 g/mol. The fourth-order valence-corrected chi connectivity index (χ4v) is 2.35.